The summed E-state index contributed by atoms with van der Waals surface area (Å²) in [4.78, 5) is 11.0. The Kier molecular flexibility index (Phi) is 4.28. The summed E-state index contributed by atoms with van der Waals surface area (Å²) in [7, 11) is 0. The van der Waals surface area contributed by atoms with Crippen LogP contribution in [0.3, 0.4) is 0 Å². The number of hydrogen-bond acceptors (Lipinski definition) is 2. The molecule has 106 valence electrons. The van der Waals surface area contributed by atoms with E-state index in [9.17, 15) is 31.1 Å². The zero-order valence-corrected chi connectivity index (χ0v) is 9.14. The van der Waals surface area contributed by atoms with Crippen LogP contribution in [0.2, 0.25) is 0 Å². The molecule has 0 aliphatic carbocycles. The van der Waals surface area contributed by atoms with Crippen molar-refractivity contribution in [2.45, 2.75) is 12.4 Å². The predicted octanol–water partition coefficient (Wildman–Crippen LogP) is 2.87. The van der Waals surface area contributed by atoms with Gasteiger partial charge in [0, 0.05) is 0 Å². The van der Waals surface area contributed by atoms with Crippen LogP contribution in [0.5, 0.6) is 0 Å². The second-order valence-electron chi connectivity index (χ2n) is 3.50. The van der Waals surface area contributed by atoms with Crippen LogP contribution in [-0.4, -0.2) is 18.3 Å². The van der Waals surface area contributed by atoms with Crippen LogP contribution in [-0.2, 0) is 4.79 Å². The molecule has 0 saturated heterocycles. The van der Waals surface area contributed by atoms with E-state index >= 15 is 0 Å². The molecule has 0 spiro atoms. The predicted molar refractivity (Wildman–Crippen MR) is 53.8 cm³/mol. The number of para-hydroxylation sites is 1. The lowest BCUT2D eigenvalue weighted by Gasteiger charge is -2.22. The smallest absolute Gasteiger partial charge is 0.299 e. The molecule has 0 aromatic heterocycles. The third-order valence-electron chi connectivity index (χ3n) is 2.02. The monoisotopic (exact) mass is 286 g/mol. The van der Waals surface area contributed by atoms with Gasteiger partial charge < -0.3 is 0 Å². The molecule has 0 unspecified atom stereocenters. The molecule has 0 radical (unpaired) electrons. The molecular formula is C10H8F6N2O. The number of anilines is 1. The highest BCUT2D eigenvalue weighted by Gasteiger charge is 2.61. The third-order valence-corrected chi connectivity index (χ3v) is 2.02. The largest absolute Gasteiger partial charge is 0.409 e. The highest BCUT2D eigenvalue weighted by molar-refractivity contribution is 5.81. The van der Waals surface area contributed by atoms with Crippen LogP contribution < -0.4 is 10.9 Å². The minimum atomic E-state index is -5.71. The molecule has 1 aromatic carbocycles. The zero-order chi connectivity index (χ0) is 14.7. The first-order valence-corrected chi connectivity index (χ1v) is 4.86. The van der Waals surface area contributed by atoms with E-state index < -0.39 is 24.2 Å². The first-order chi connectivity index (χ1) is 8.62. The highest BCUT2D eigenvalue weighted by atomic mass is 19.4. The molecule has 3 nitrogen and oxygen atoms in total. The van der Waals surface area contributed by atoms with Crippen LogP contribution >= 0.6 is 0 Å². The maximum absolute atomic E-state index is 12.2. The van der Waals surface area contributed by atoms with Crippen molar-refractivity contribution in [1.29, 1.82) is 0 Å². The number of hydrogen-bond donors (Lipinski definition) is 2. The number of benzene rings is 1. The highest BCUT2D eigenvalue weighted by Crippen LogP contribution is 2.39. The van der Waals surface area contributed by atoms with Gasteiger partial charge in [0.25, 0.3) is 5.91 Å². The van der Waals surface area contributed by atoms with E-state index in [1.807, 2.05) is 5.43 Å². The molecular weight excluding hydrogens is 278 g/mol. The Morgan fingerprint density at radius 1 is 0.947 bits per heavy atom. The summed E-state index contributed by atoms with van der Waals surface area (Å²) in [6, 6.07) is 7.27. The molecule has 0 fully saturated rings. The van der Waals surface area contributed by atoms with Crippen molar-refractivity contribution in [2.24, 2.45) is 5.92 Å². The van der Waals surface area contributed by atoms with Crippen molar-refractivity contribution in [1.82, 2.24) is 5.43 Å². The van der Waals surface area contributed by atoms with Crippen molar-refractivity contribution >= 4 is 11.6 Å². The van der Waals surface area contributed by atoms with Gasteiger partial charge in [-0.25, -0.2) is 0 Å². The topological polar surface area (TPSA) is 41.1 Å². The number of rotatable bonds is 3. The average molecular weight is 286 g/mol. The summed E-state index contributed by atoms with van der Waals surface area (Å²) >= 11 is 0. The maximum Gasteiger partial charge on any atom is 0.409 e. The van der Waals surface area contributed by atoms with Crippen molar-refractivity contribution in [2.75, 3.05) is 5.43 Å². The van der Waals surface area contributed by atoms with Crippen molar-refractivity contribution < 1.29 is 31.1 Å². The number of carbonyl (C=O) groups is 1. The summed E-state index contributed by atoms with van der Waals surface area (Å²) in [6.07, 6.45) is -11.4. The van der Waals surface area contributed by atoms with E-state index in [-0.39, 0.29) is 5.69 Å². The summed E-state index contributed by atoms with van der Waals surface area (Å²) in [6.45, 7) is 0. The number of hydrazine groups is 1. The van der Waals surface area contributed by atoms with Gasteiger partial charge in [-0.2, -0.15) is 26.3 Å². The SMILES string of the molecule is O=C(NNc1ccccc1)C(C(F)(F)F)C(F)(F)F. The third kappa shape index (κ3) is 4.34. The Hall–Kier alpha value is -1.93. The molecule has 0 bridgehead atoms. The molecule has 1 rings (SSSR count). The van der Waals surface area contributed by atoms with Gasteiger partial charge in [0.15, 0.2) is 0 Å². The fourth-order valence-corrected chi connectivity index (χ4v) is 1.21. The molecule has 9 heteroatoms. The zero-order valence-electron chi connectivity index (χ0n) is 9.14. The molecule has 1 amide bonds. The first-order valence-electron chi connectivity index (χ1n) is 4.86. The summed E-state index contributed by atoms with van der Waals surface area (Å²) in [5.41, 5.74) is 3.50. The van der Waals surface area contributed by atoms with Gasteiger partial charge in [-0.05, 0) is 12.1 Å². The molecule has 0 atom stereocenters. The number of amides is 1. The van der Waals surface area contributed by atoms with Crippen molar-refractivity contribution in [3.8, 4) is 0 Å². The quantitative estimate of drug-likeness (QED) is 0.662. The Labute approximate surface area is 103 Å². The Morgan fingerprint density at radius 2 is 1.42 bits per heavy atom. The molecule has 0 aliphatic heterocycles. The van der Waals surface area contributed by atoms with Gasteiger partial charge in [-0.3, -0.25) is 15.6 Å². The van der Waals surface area contributed by atoms with Gasteiger partial charge in [-0.1, -0.05) is 18.2 Å². The molecule has 0 saturated carbocycles. The molecule has 1 aromatic rings. The van der Waals surface area contributed by atoms with Gasteiger partial charge in [0.1, 0.15) is 0 Å². The lowest BCUT2D eigenvalue weighted by atomic mass is 10.1. The normalized spacial score (nSPS) is 12.4. The Morgan fingerprint density at radius 3 is 1.84 bits per heavy atom. The van der Waals surface area contributed by atoms with Gasteiger partial charge >= 0.3 is 12.4 Å². The van der Waals surface area contributed by atoms with E-state index in [0.29, 0.717) is 0 Å². The van der Waals surface area contributed by atoms with Gasteiger partial charge in [-0.15, -0.1) is 0 Å². The number of nitrogens with one attached hydrogen (secondary N) is 2. The molecule has 0 aliphatic rings. The van der Waals surface area contributed by atoms with Gasteiger partial charge in [0.05, 0.1) is 5.69 Å². The average Bonchev–Trinajstić information content (AvgIpc) is 2.24. The first kappa shape index (κ1) is 15.1. The second-order valence-corrected chi connectivity index (χ2v) is 3.50. The maximum atomic E-state index is 12.2. The van der Waals surface area contributed by atoms with Crippen molar-refractivity contribution in [3.05, 3.63) is 30.3 Å². The summed E-state index contributed by atoms with van der Waals surface area (Å²) < 4.78 is 73.1. The number of carbonyl (C=O) groups excluding carboxylic acids is 1. The Balaban J connectivity index is 2.74. The van der Waals surface area contributed by atoms with E-state index in [1.54, 1.807) is 6.07 Å². The standard InChI is InChI=1S/C10H8F6N2O/c11-9(12,13)7(10(14,15)16)8(19)18-17-6-4-2-1-3-5-6/h1-5,7,17H,(H,18,19). The summed E-state index contributed by atoms with van der Waals surface area (Å²) in [5.74, 6) is -6.29. The lowest BCUT2D eigenvalue weighted by molar-refractivity contribution is -0.274. The van der Waals surface area contributed by atoms with E-state index in [2.05, 4.69) is 0 Å². The molecule has 19 heavy (non-hydrogen) atoms. The van der Waals surface area contributed by atoms with Crippen molar-refractivity contribution in [3.63, 3.8) is 0 Å². The lowest BCUT2D eigenvalue weighted by Crippen LogP contribution is -2.49. The second kappa shape index (κ2) is 5.37. The van der Waals surface area contributed by atoms with Crippen LogP contribution in [0.15, 0.2) is 30.3 Å². The van der Waals surface area contributed by atoms with E-state index in [0.717, 1.165) is 0 Å². The van der Waals surface area contributed by atoms with E-state index in [1.165, 1.54) is 29.7 Å². The fourth-order valence-electron chi connectivity index (χ4n) is 1.21. The minimum Gasteiger partial charge on any atom is -0.299 e. The Bertz CT molecular complexity index is 414. The fraction of sp³-hybridized carbons (Fsp3) is 0.300. The minimum absolute atomic E-state index is 0.152. The van der Waals surface area contributed by atoms with Crippen LogP contribution in [0, 0.1) is 5.92 Å². The van der Waals surface area contributed by atoms with Crippen LogP contribution in [0.25, 0.3) is 0 Å². The van der Waals surface area contributed by atoms with Crippen LogP contribution in [0.1, 0.15) is 0 Å². The number of alkyl halides is 6. The van der Waals surface area contributed by atoms with Crippen LogP contribution in [0.4, 0.5) is 32.0 Å². The molecule has 2 N–H and O–H groups in total. The summed E-state index contributed by atoms with van der Waals surface area (Å²) in [5, 5.41) is 0. The van der Waals surface area contributed by atoms with Gasteiger partial charge in [0.2, 0.25) is 5.92 Å². The molecule has 0 heterocycles. The van der Waals surface area contributed by atoms with E-state index in [4.69, 9.17) is 0 Å². The number of halogens is 6.